The van der Waals surface area contributed by atoms with Crippen LogP contribution >= 0.6 is 12.6 Å². The van der Waals surface area contributed by atoms with Gasteiger partial charge in [-0.1, -0.05) is 58.3 Å². The van der Waals surface area contributed by atoms with E-state index in [1.807, 2.05) is 0 Å². The molecule has 1 unspecified atom stereocenters. The third kappa shape index (κ3) is 12.3. The van der Waals surface area contributed by atoms with Crippen LogP contribution in [0.1, 0.15) is 64.7 Å². The lowest BCUT2D eigenvalue weighted by atomic mass is 10.1. The van der Waals surface area contributed by atoms with E-state index in [0.29, 0.717) is 0 Å². The molecule has 0 aromatic heterocycles. The minimum Gasteiger partial charge on any atom is -0.383 e. The van der Waals surface area contributed by atoms with E-state index in [4.69, 9.17) is 5.11 Å². The zero-order chi connectivity index (χ0) is 9.94. The largest absolute Gasteiger partial charge is 0.383 e. The van der Waals surface area contributed by atoms with Crippen molar-refractivity contribution in [3.63, 3.8) is 0 Å². The molecule has 1 atom stereocenters. The van der Waals surface area contributed by atoms with Crippen LogP contribution in [0.2, 0.25) is 0 Å². The second kappa shape index (κ2) is 10.4. The summed E-state index contributed by atoms with van der Waals surface area (Å²) in [6.07, 6.45) is 11.4. The Kier molecular flexibility index (Phi) is 10.6. The number of hydrogen-bond acceptors (Lipinski definition) is 2. The molecule has 0 spiro atoms. The Balaban J connectivity index is 2.84. The second-order valence-electron chi connectivity index (χ2n) is 3.74. The van der Waals surface area contributed by atoms with E-state index >= 15 is 0 Å². The third-order valence-corrected chi connectivity index (χ3v) is 2.57. The monoisotopic (exact) mass is 204 g/mol. The number of aliphatic hydroxyl groups is 1. The summed E-state index contributed by atoms with van der Waals surface area (Å²) in [5.41, 5.74) is -0.403. The average Bonchev–Trinajstić information content (AvgIpc) is 2.09. The van der Waals surface area contributed by atoms with Crippen LogP contribution in [0.15, 0.2) is 0 Å². The minimum atomic E-state index is -0.403. The highest BCUT2D eigenvalue weighted by atomic mass is 32.1. The van der Waals surface area contributed by atoms with Gasteiger partial charge < -0.3 is 5.11 Å². The van der Waals surface area contributed by atoms with Crippen LogP contribution < -0.4 is 0 Å². The van der Waals surface area contributed by atoms with Gasteiger partial charge in [0.05, 0.1) is 5.44 Å². The Morgan fingerprint density at radius 1 is 0.923 bits per heavy atom. The van der Waals surface area contributed by atoms with Gasteiger partial charge in [-0.15, -0.1) is 12.6 Å². The first-order chi connectivity index (χ1) is 6.27. The number of hydrogen-bond donors (Lipinski definition) is 2. The quantitative estimate of drug-likeness (QED) is 0.333. The fourth-order valence-corrected chi connectivity index (χ4v) is 1.64. The molecule has 13 heavy (non-hydrogen) atoms. The zero-order valence-corrected chi connectivity index (χ0v) is 9.73. The highest BCUT2D eigenvalue weighted by molar-refractivity contribution is 7.80. The summed E-state index contributed by atoms with van der Waals surface area (Å²) in [4.78, 5) is 0. The molecular weight excluding hydrogens is 180 g/mol. The highest BCUT2D eigenvalue weighted by Crippen LogP contribution is 2.11. The lowest BCUT2D eigenvalue weighted by Crippen LogP contribution is -1.94. The number of rotatable bonds is 9. The minimum absolute atomic E-state index is 0.403. The molecule has 0 fully saturated rings. The lowest BCUT2D eigenvalue weighted by Gasteiger charge is -2.03. The first-order valence-corrected chi connectivity index (χ1v) is 6.15. The van der Waals surface area contributed by atoms with Crippen LogP contribution in [0.3, 0.4) is 0 Å². The molecule has 0 bridgehead atoms. The molecule has 1 N–H and O–H groups in total. The molecule has 0 amide bonds. The molecule has 0 aliphatic carbocycles. The van der Waals surface area contributed by atoms with Gasteiger partial charge in [-0.05, 0) is 6.42 Å². The molecule has 0 saturated heterocycles. The van der Waals surface area contributed by atoms with Gasteiger partial charge in [0.25, 0.3) is 0 Å². The van der Waals surface area contributed by atoms with Crippen molar-refractivity contribution < 1.29 is 5.11 Å². The van der Waals surface area contributed by atoms with Crippen molar-refractivity contribution in [2.75, 3.05) is 0 Å². The Morgan fingerprint density at radius 3 is 1.85 bits per heavy atom. The Bertz CT molecular complexity index is 94.1. The van der Waals surface area contributed by atoms with E-state index in [0.717, 1.165) is 12.8 Å². The third-order valence-electron chi connectivity index (χ3n) is 2.32. The number of thiol groups is 1. The number of aliphatic hydroxyl groups excluding tert-OH is 1. The molecule has 0 aliphatic rings. The van der Waals surface area contributed by atoms with Crippen molar-refractivity contribution in [3.05, 3.63) is 0 Å². The summed E-state index contributed by atoms with van der Waals surface area (Å²) in [5.74, 6) is 0. The van der Waals surface area contributed by atoms with E-state index in [2.05, 4.69) is 19.6 Å². The van der Waals surface area contributed by atoms with Crippen LogP contribution in [-0.4, -0.2) is 10.5 Å². The standard InChI is InChI=1S/C11H24OS/c1-2-3-4-5-6-7-8-9-10-11(12)13/h11-13H,2-10H2,1H3. The lowest BCUT2D eigenvalue weighted by molar-refractivity contribution is 0.249. The van der Waals surface area contributed by atoms with Crippen molar-refractivity contribution in [2.45, 2.75) is 70.1 Å². The van der Waals surface area contributed by atoms with E-state index < -0.39 is 5.44 Å². The van der Waals surface area contributed by atoms with Gasteiger partial charge in [0, 0.05) is 0 Å². The van der Waals surface area contributed by atoms with Crippen LogP contribution in [-0.2, 0) is 0 Å². The summed E-state index contributed by atoms with van der Waals surface area (Å²) in [6, 6.07) is 0. The van der Waals surface area contributed by atoms with Crippen molar-refractivity contribution in [2.24, 2.45) is 0 Å². The van der Waals surface area contributed by atoms with Crippen molar-refractivity contribution in [1.82, 2.24) is 0 Å². The normalized spacial score (nSPS) is 13.2. The maximum absolute atomic E-state index is 8.89. The van der Waals surface area contributed by atoms with Gasteiger partial charge in [0.15, 0.2) is 0 Å². The van der Waals surface area contributed by atoms with Gasteiger partial charge in [0.2, 0.25) is 0 Å². The van der Waals surface area contributed by atoms with Crippen LogP contribution in [0, 0.1) is 0 Å². The SMILES string of the molecule is CCCCCCCCCCC(O)S. The molecule has 0 rings (SSSR count). The van der Waals surface area contributed by atoms with Gasteiger partial charge in [-0.25, -0.2) is 0 Å². The fraction of sp³-hybridized carbons (Fsp3) is 1.00. The Hall–Kier alpha value is 0.310. The molecule has 80 valence electrons. The van der Waals surface area contributed by atoms with E-state index in [-0.39, 0.29) is 0 Å². The Morgan fingerprint density at radius 2 is 1.38 bits per heavy atom. The van der Waals surface area contributed by atoms with Crippen molar-refractivity contribution in [1.29, 1.82) is 0 Å². The average molecular weight is 204 g/mol. The molecule has 0 aliphatic heterocycles. The summed E-state index contributed by atoms with van der Waals surface area (Å²) in [6.45, 7) is 2.24. The molecule has 0 aromatic carbocycles. The Labute approximate surface area is 88.3 Å². The second-order valence-corrected chi connectivity index (χ2v) is 4.34. The van der Waals surface area contributed by atoms with Crippen LogP contribution in [0.4, 0.5) is 0 Å². The zero-order valence-electron chi connectivity index (χ0n) is 8.84. The topological polar surface area (TPSA) is 20.2 Å². The molecular formula is C11H24OS. The van der Waals surface area contributed by atoms with E-state index in [1.54, 1.807) is 0 Å². The van der Waals surface area contributed by atoms with Gasteiger partial charge in [-0.2, -0.15) is 0 Å². The molecule has 0 heterocycles. The predicted octanol–water partition coefficient (Wildman–Crippen LogP) is 3.77. The van der Waals surface area contributed by atoms with Gasteiger partial charge in [0.1, 0.15) is 0 Å². The molecule has 0 radical (unpaired) electrons. The smallest absolute Gasteiger partial charge is 0.0964 e. The first kappa shape index (κ1) is 13.3. The maximum Gasteiger partial charge on any atom is 0.0964 e. The molecule has 2 heteroatoms. The van der Waals surface area contributed by atoms with Gasteiger partial charge >= 0.3 is 0 Å². The molecule has 0 saturated carbocycles. The summed E-state index contributed by atoms with van der Waals surface area (Å²) >= 11 is 3.92. The maximum atomic E-state index is 8.89. The van der Waals surface area contributed by atoms with Crippen LogP contribution in [0.25, 0.3) is 0 Å². The highest BCUT2D eigenvalue weighted by Gasteiger charge is 1.95. The fourth-order valence-electron chi connectivity index (χ4n) is 1.46. The van der Waals surface area contributed by atoms with Crippen molar-refractivity contribution in [3.8, 4) is 0 Å². The summed E-state index contributed by atoms with van der Waals surface area (Å²) < 4.78 is 0. The summed E-state index contributed by atoms with van der Waals surface area (Å²) in [5, 5.41) is 8.89. The number of unbranched alkanes of at least 4 members (excludes halogenated alkanes) is 7. The predicted molar refractivity (Wildman–Crippen MR) is 62.2 cm³/mol. The molecule has 1 nitrogen and oxygen atoms in total. The van der Waals surface area contributed by atoms with E-state index in [9.17, 15) is 0 Å². The van der Waals surface area contributed by atoms with Gasteiger partial charge in [-0.3, -0.25) is 0 Å². The van der Waals surface area contributed by atoms with E-state index in [1.165, 1.54) is 44.9 Å². The molecule has 0 aromatic rings. The first-order valence-electron chi connectivity index (χ1n) is 5.63. The van der Waals surface area contributed by atoms with Crippen LogP contribution in [0.5, 0.6) is 0 Å². The summed E-state index contributed by atoms with van der Waals surface area (Å²) in [7, 11) is 0. The van der Waals surface area contributed by atoms with Crippen molar-refractivity contribution >= 4 is 12.6 Å².